The molecule has 230 valence electrons. The summed E-state index contributed by atoms with van der Waals surface area (Å²) in [5.74, 6) is -0.0861. The van der Waals surface area contributed by atoms with Gasteiger partial charge in [0, 0.05) is 38.2 Å². The van der Waals surface area contributed by atoms with Crippen molar-refractivity contribution >= 4 is 26.9 Å². The summed E-state index contributed by atoms with van der Waals surface area (Å²) in [6.07, 6.45) is -0.330. The number of aliphatic hydroxyl groups excluding tert-OH is 1. The van der Waals surface area contributed by atoms with Crippen LogP contribution in [0.25, 0.3) is 0 Å². The number of ether oxygens (including phenoxy) is 2. The third-order valence-electron chi connectivity index (χ3n) is 7.89. The number of piperidine rings is 1. The lowest BCUT2D eigenvalue weighted by atomic mass is 9.76. The minimum atomic E-state index is -1.72. The van der Waals surface area contributed by atoms with Crippen LogP contribution in [0.5, 0.6) is 0 Å². The van der Waals surface area contributed by atoms with E-state index in [1.54, 1.807) is 21.9 Å². The maximum atomic E-state index is 13.5. The van der Waals surface area contributed by atoms with Crippen LogP contribution in [-0.2, 0) is 20.5 Å². The molecule has 12 heteroatoms. The van der Waals surface area contributed by atoms with Crippen molar-refractivity contribution in [2.24, 2.45) is 17.3 Å². The van der Waals surface area contributed by atoms with Crippen molar-refractivity contribution in [3.63, 3.8) is 0 Å². The van der Waals surface area contributed by atoms with Crippen LogP contribution in [0.1, 0.15) is 66.4 Å². The Morgan fingerprint density at radius 2 is 1.68 bits per heavy atom. The highest BCUT2D eigenvalue weighted by molar-refractivity contribution is 6.48. The molecule has 0 aromatic heterocycles. The van der Waals surface area contributed by atoms with Gasteiger partial charge in [0.05, 0.1) is 4.92 Å². The number of non-ortho nitro benzene ring substituents is 1. The normalized spacial score (nSPS) is 23.0. The highest BCUT2D eigenvalue weighted by Crippen LogP contribution is 2.48. The first kappa shape index (κ1) is 32.8. The molecular weight excluding hydrogens is 546 g/mol. The van der Waals surface area contributed by atoms with Gasteiger partial charge >= 0.3 is 12.2 Å². The molecule has 0 bridgehead atoms. The van der Waals surface area contributed by atoms with Crippen LogP contribution in [0.15, 0.2) is 24.3 Å². The molecule has 0 saturated carbocycles. The Morgan fingerprint density at radius 1 is 1.10 bits per heavy atom. The first-order chi connectivity index (χ1) is 18.9. The molecule has 2 aliphatic rings. The molecule has 1 aromatic carbocycles. The molecule has 1 unspecified atom stereocenters. The van der Waals surface area contributed by atoms with E-state index in [4.69, 9.17) is 13.9 Å². The number of nitro benzene ring substituents is 1. The Hall–Kier alpha value is -2.70. The van der Waals surface area contributed by atoms with Crippen LogP contribution in [0.3, 0.4) is 0 Å². The van der Waals surface area contributed by atoms with Crippen molar-refractivity contribution in [3.05, 3.63) is 39.9 Å². The number of benzene rings is 1. The summed E-state index contributed by atoms with van der Waals surface area (Å²) < 4.78 is 17.9. The number of amides is 2. The van der Waals surface area contributed by atoms with Gasteiger partial charge in [-0.25, -0.2) is 9.59 Å². The fraction of sp³-hybridized carbons (Fsp3) is 0.724. The number of rotatable bonds is 7. The van der Waals surface area contributed by atoms with Crippen molar-refractivity contribution in [1.82, 2.24) is 9.80 Å². The standard InChI is InChI=1S/C29H47N3O8Si/c1-27(2,3)22-17-29(40-41(7)8,31(18-22)26(35)39-28(4,5)6)24(33)21-13-15-30(16-14-21)25(34)38-19-20-9-11-23(12-10-20)32(36)37/h9-12,21-22,24,33,41H,13-19H2,1-8H3/t22-,24?,29-/m0/s1. The van der Waals surface area contributed by atoms with Crippen LogP contribution >= 0.6 is 0 Å². The molecule has 2 heterocycles. The van der Waals surface area contributed by atoms with E-state index >= 15 is 0 Å². The van der Waals surface area contributed by atoms with E-state index in [1.165, 1.54) is 12.1 Å². The maximum absolute atomic E-state index is 13.5. The van der Waals surface area contributed by atoms with Gasteiger partial charge in [-0.05, 0) is 81.7 Å². The smallest absolute Gasteiger partial charge is 0.412 e. The molecule has 41 heavy (non-hydrogen) atoms. The topological polar surface area (TPSA) is 132 Å². The van der Waals surface area contributed by atoms with Gasteiger partial charge in [0.2, 0.25) is 0 Å². The van der Waals surface area contributed by atoms with Crippen molar-refractivity contribution < 1.29 is 33.5 Å². The van der Waals surface area contributed by atoms with Crippen LogP contribution < -0.4 is 0 Å². The number of carbonyl (C=O) groups excluding carboxylic acids is 2. The van der Waals surface area contributed by atoms with Crippen LogP contribution in [0.2, 0.25) is 13.1 Å². The van der Waals surface area contributed by atoms with Gasteiger partial charge in [-0.2, -0.15) is 0 Å². The summed E-state index contributed by atoms with van der Waals surface area (Å²) in [5.41, 5.74) is -1.36. The lowest BCUT2D eigenvalue weighted by Gasteiger charge is -2.47. The molecule has 11 nitrogen and oxygen atoms in total. The first-order valence-electron chi connectivity index (χ1n) is 14.4. The van der Waals surface area contributed by atoms with Crippen molar-refractivity contribution in [1.29, 1.82) is 0 Å². The second-order valence-corrected chi connectivity index (χ2v) is 16.0. The highest BCUT2D eigenvalue weighted by Gasteiger charge is 2.58. The molecule has 2 amide bonds. The Balaban J connectivity index is 1.72. The number of nitrogens with zero attached hydrogens (tertiary/aromatic N) is 3. The second kappa shape index (κ2) is 12.7. The van der Waals surface area contributed by atoms with E-state index in [-0.39, 0.29) is 29.5 Å². The average Bonchev–Trinajstić information content (AvgIpc) is 3.27. The number of carbonyl (C=O) groups is 2. The maximum Gasteiger partial charge on any atom is 0.412 e. The third-order valence-corrected chi connectivity index (χ3v) is 8.77. The molecule has 0 spiro atoms. The van der Waals surface area contributed by atoms with Gasteiger partial charge in [0.25, 0.3) is 5.69 Å². The SMILES string of the molecule is C[SiH](C)O[C@]1(C(O)C2CCN(C(=O)OCc3ccc([N+](=O)[O-])cc3)CC2)C[C@H](C(C)(C)C)CN1C(=O)OC(C)(C)C. The fourth-order valence-corrected chi connectivity index (χ4v) is 6.79. The molecule has 0 aliphatic carbocycles. The van der Waals surface area contributed by atoms with Crippen molar-refractivity contribution in [2.75, 3.05) is 19.6 Å². The van der Waals surface area contributed by atoms with Gasteiger partial charge in [-0.15, -0.1) is 0 Å². The van der Waals surface area contributed by atoms with Crippen LogP contribution in [-0.4, -0.2) is 78.1 Å². The molecule has 2 saturated heterocycles. The predicted octanol–water partition coefficient (Wildman–Crippen LogP) is 5.30. The van der Waals surface area contributed by atoms with Crippen LogP contribution in [0.4, 0.5) is 15.3 Å². The summed E-state index contributed by atoms with van der Waals surface area (Å²) >= 11 is 0. The quantitative estimate of drug-likeness (QED) is 0.256. The second-order valence-electron chi connectivity index (χ2n) is 13.6. The largest absolute Gasteiger partial charge is 0.445 e. The van der Waals surface area contributed by atoms with Gasteiger partial charge in [0.15, 0.2) is 14.8 Å². The highest BCUT2D eigenvalue weighted by atomic mass is 28.3. The number of hydrogen-bond acceptors (Lipinski definition) is 8. The summed E-state index contributed by atoms with van der Waals surface area (Å²) in [6.45, 7) is 17.2. The van der Waals surface area contributed by atoms with E-state index in [9.17, 15) is 24.8 Å². The number of nitro groups is 1. The summed E-state index contributed by atoms with van der Waals surface area (Å²) in [7, 11) is -1.72. The Bertz CT molecular complexity index is 1080. The van der Waals surface area contributed by atoms with Gasteiger partial charge in [-0.3, -0.25) is 15.0 Å². The molecule has 0 radical (unpaired) electrons. The average molecular weight is 594 g/mol. The first-order valence-corrected chi connectivity index (χ1v) is 17.2. The third kappa shape index (κ3) is 8.20. The van der Waals surface area contributed by atoms with E-state index in [0.717, 1.165) is 0 Å². The zero-order valence-electron chi connectivity index (χ0n) is 25.7. The van der Waals surface area contributed by atoms with Crippen LogP contribution in [0, 0.1) is 27.4 Å². The monoisotopic (exact) mass is 593 g/mol. The van der Waals surface area contributed by atoms with E-state index in [1.807, 2.05) is 33.9 Å². The van der Waals surface area contributed by atoms with E-state index in [0.29, 0.717) is 44.5 Å². The van der Waals surface area contributed by atoms with Gasteiger partial charge in [-0.1, -0.05) is 20.8 Å². The van der Waals surface area contributed by atoms with Gasteiger partial charge < -0.3 is 23.9 Å². The molecule has 1 aromatic rings. The number of likely N-dealkylation sites (tertiary alicyclic amines) is 2. The van der Waals surface area contributed by atoms with E-state index in [2.05, 4.69) is 20.8 Å². The fourth-order valence-electron chi connectivity index (χ4n) is 5.62. The van der Waals surface area contributed by atoms with E-state index < -0.39 is 43.6 Å². The zero-order chi connectivity index (χ0) is 30.8. The van der Waals surface area contributed by atoms with Crippen molar-refractivity contribution in [3.8, 4) is 0 Å². The lowest BCUT2D eigenvalue weighted by molar-refractivity contribution is -0.384. The lowest BCUT2D eigenvalue weighted by Crippen LogP contribution is -2.62. The Morgan fingerprint density at radius 3 is 2.17 bits per heavy atom. The minimum Gasteiger partial charge on any atom is -0.445 e. The summed E-state index contributed by atoms with van der Waals surface area (Å²) in [6, 6.07) is 5.88. The van der Waals surface area contributed by atoms with Gasteiger partial charge in [0.1, 0.15) is 18.3 Å². The molecule has 3 atom stereocenters. The number of aliphatic hydroxyl groups is 1. The van der Waals surface area contributed by atoms with Crippen molar-refractivity contribution in [2.45, 2.75) is 97.9 Å². The predicted molar refractivity (Wildman–Crippen MR) is 157 cm³/mol. The molecular formula is C29H47N3O8Si. The summed E-state index contributed by atoms with van der Waals surface area (Å²) in [4.78, 5) is 39.9. The Labute approximate surface area is 245 Å². The molecule has 1 N–H and O–H groups in total. The summed E-state index contributed by atoms with van der Waals surface area (Å²) in [5, 5.41) is 22.8. The minimum absolute atomic E-state index is 0.00832. The number of hydrogen-bond donors (Lipinski definition) is 1. The molecule has 3 rings (SSSR count). The zero-order valence-corrected chi connectivity index (χ0v) is 26.9. The Kier molecular flexibility index (Phi) is 10.1. The molecule has 2 aliphatic heterocycles. The molecule has 2 fully saturated rings.